The Morgan fingerprint density at radius 2 is 1.71 bits per heavy atom. The van der Waals surface area contributed by atoms with Gasteiger partial charge in [0.2, 0.25) is 17.6 Å². The molecule has 0 aliphatic heterocycles. The zero-order valence-electron chi connectivity index (χ0n) is 14.7. The van der Waals surface area contributed by atoms with E-state index in [1.807, 2.05) is 30.3 Å². The van der Waals surface area contributed by atoms with E-state index < -0.39 is 11.8 Å². The van der Waals surface area contributed by atoms with Gasteiger partial charge in [0.25, 0.3) is 5.91 Å². The maximum atomic E-state index is 11.8. The van der Waals surface area contributed by atoms with Gasteiger partial charge in [0.05, 0.1) is 5.02 Å². The number of carbonyl (C=O) groups excluding carboxylic acids is 2. The van der Waals surface area contributed by atoms with E-state index >= 15 is 0 Å². The summed E-state index contributed by atoms with van der Waals surface area (Å²) >= 11 is 5.93. The van der Waals surface area contributed by atoms with Crippen molar-refractivity contribution < 1.29 is 18.8 Å². The highest BCUT2D eigenvalue weighted by Crippen LogP contribution is 2.22. The Hall–Kier alpha value is -3.39. The second-order valence-electron chi connectivity index (χ2n) is 5.69. The van der Waals surface area contributed by atoms with Gasteiger partial charge < -0.3 is 9.26 Å². The van der Waals surface area contributed by atoms with Crippen LogP contribution in [0.2, 0.25) is 5.02 Å². The van der Waals surface area contributed by atoms with Crippen LogP contribution in [0.4, 0.5) is 0 Å². The van der Waals surface area contributed by atoms with Crippen molar-refractivity contribution in [3.63, 3.8) is 0 Å². The lowest BCUT2D eigenvalue weighted by molar-refractivity contribution is -0.130. The van der Waals surface area contributed by atoms with Crippen molar-refractivity contribution in [2.45, 2.75) is 12.8 Å². The molecule has 3 rings (SSSR count). The Morgan fingerprint density at radius 1 is 1.00 bits per heavy atom. The zero-order valence-corrected chi connectivity index (χ0v) is 15.5. The maximum Gasteiger partial charge on any atom is 0.276 e. The van der Waals surface area contributed by atoms with Crippen molar-refractivity contribution >= 4 is 23.4 Å². The lowest BCUT2D eigenvalue weighted by Crippen LogP contribution is -2.43. The van der Waals surface area contributed by atoms with Gasteiger partial charge in [-0.05, 0) is 12.1 Å². The minimum Gasteiger partial charge on any atom is -0.482 e. The number of aryl methyl sites for hydroxylation is 1. The Labute approximate surface area is 165 Å². The fourth-order valence-corrected chi connectivity index (χ4v) is 2.41. The maximum absolute atomic E-state index is 11.8. The van der Waals surface area contributed by atoms with Gasteiger partial charge in [0, 0.05) is 18.4 Å². The number of hydrazine groups is 1. The molecule has 0 fully saturated rings. The summed E-state index contributed by atoms with van der Waals surface area (Å²) in [5.74, 6) is 0.266. The van der Waals surface area contributed by atoms with Gasteiger partial charge in [-0.15, -0.1) is 0 Å². The van der Waals surface area contributed by atoms with Gasteiger partial charge in [0.1, 0.15) is 5.75 Å². The first-order valence-corrected chi connectivity index (χ1v) is 8.82. The van der Waals surface area contributed by atoms with E-state index in [2.05, 4.69) is 21.0 Å². The molecule has 1 heterocycles. The molecule has 1 aromatic heterocycles. The average molecular weight is 401 g/mol. The molecule has 3 aromatic rings. The van der Waals surface area contributed by atoms with Gasteiger partial charge in [-0.3, -0.25) is 20.4 Å². The van der Waals surface area contributed by atoms with Crippen molar-refractivity contribution in [1.82, 2.24) is 21.0 Å². The number of hydrogen-bond acceptors (Lipinski definition) is 6. The molecule has 28 heavy (non-hydrogen) atoms. The van der Waals surface area contributed by atoms with Crippen LogP contribution in [-0.2, 0) is 16.0 Å². The number of nitrogens with one attached hydrogen (secondary N) is 2. The molecule has 0 saturated heterocycles. The monoisotopic (exact) mass is 400 g/mol. The quantitative estimate of drug-likeness (QED) is 0.590. The van der Waals surface area contributed by atoms with Crippen LogP contribution in [-0.4, -0.2) is 28.6 Å². The Kier molecular flexibility index (Phi) is 6.59. The highest BCUT2D eigenvalue weighted by atomic mass is 35.5. The molecule has 2 aromatic carbocycles. The van der Waals surface area contributed by atoms with E-state index in [0.717, 1.165) is 5.56 Å². The number of aromatic nitrogens is 2. The van der Waals surface area contributed by atoms with Crippen LogP contribution in [0.25, 0.3) is 11.4 Å². The minimum atomic E-state index is -0.516. The fourth-order valence-electron chi connectivity index (χ4n) is 2.22. The van der Waals surface area contributed by atoms with Gasteiger partial charge in [-0.25, -0.2) is 0 Å². The number of amides is 2. The third kappa shape index (κ3) is 5.55. The third-order valence-corrected chi connectivity index (χ3v) is 3.92. The molecule has 144 valence electrons. The average Bonchev–Trinajstić information content (AvgIpc) is 3.20. The highest BCUT2D eigenvalue weighted by Gasteiger charge is 2.11. The topological polar surface area (TPSA) is 106 Å². The summed E-state index contributed by atoms with van der Waals surface area (Å²) in [4.78, 5) is 27.8. The molecule has 2 amide bonds. The molecule has 0 spiro atoms. The summed E-state index contributed by atoms with van der Waals surface area (Å²) in [6.07, 6.45) is 0.319. The Balaban J connectivity index is 1.38. The first-order chi connectivity index (χ1) is 13.6. The number of ether oxygens (including phenoxy) is 1. The van der Waals surface area contributed by atoms with E-state index in [1.54, 1.807) is 24.3 Å². The molecule has 0 aliphatic carbocycles. The predicted molar refractivity (Wildman–Crippen MR) is 101 cm³/mol. The van der Waals surface area contributed by atoms with Crippen LogP contribution in [0.3, 0.4) is 0 Å². The van der Waals surface area contributed by atoms with E-state index in [-0.39, 0.29) is 19.4 Å². The normalized spacial score (nSPS) is 10.3. The van der Waals surface area contributed by atoms with Crippen LogP contribution in [0, 0.1) is 0 Å². The molecular formula is C19H17ClN4O4. The SMILES string of the molecule is O=C(CCc1nc(-c2ccccc2)no1)NNC(=O)COc1ccccc1Cl. The minimum absolute atomic E-state index is 0.0715. The molecule has 0 bridgehead atoms. The predicted octanol–water partition coefficient (Wildman–Crippen LogP) is 2.55. The summed E-state index contributed by atoms with van der Waals surface area (Å²) in [6.45, 7) is -0.284. The number of para-hydroxylation sites is 1. The Morgan fingerprint density at radius 3 is 2.50 bits per heavy atom. The summed E-state index contributed by atoms with van der Waals surface area (Å²) in [5, 5.41) is 4.28. The molecule has 0 atom stereocenters. The standard InChI is InChI=1S/C19H17ClN4O4/c20-14-8-4-5-9-15(14)27-12-17(26)23-22-16(25)10-11-18-21-19(24-28-18)13-6-2-1-3-7-13/h1-9H,10-12H2,(H,22,25)(H,23,26). The Bertz CT molecular complexity index is 946. The second-order valence-corrected chi connectivity index (χ2v) is 6.10. The summed E-state index contributed by atoms with van der Waals surface area (Å²) in [7, 11) is 0. The number of nitrogens with zero attached hydrogens (tertiary/aromatic N) is 2. The number of halogens is 1. The molecule has 0 aliphatic rings. The van der Waals surface area contributed by atoms with Gasteiger partial charge in [0.15, 0.2) is 6.61 Å². The first-order valence-electron chi connectivity index (χ1n) is 8.45. The van der Waals surface area contributed by atoms with Crippen molar-refractivity contribution in [3.05, 3.63) is 65.5 Å². The lowest BCUT2D eigenvalue weighted by atomic mass is 10.2. The van der Waals surface area contributed by atoms with Crippen molar-refractivity contribution in [1.29, 1.82) is 0 Å². The summed E-state index contributed by atoms with van der Waals surface area (Å²) in [5.41, 5.74) is 5.39. The second kappa shape index (κ2) is 9.52. The number of rotatable bonds is 7. The van der Waals surface area contributed by atoms with Crippen LogP contribution < -0.4 is 15.6 Å². The zero-order chi connectivity index (χ0) is 19.8. The molecule has 0 radical (unpaired) electrons. The van der Waals surface area contributed by atoms with Crippen LogP contribution in [0.1, 0.15) is 12.3 Å². The fraction of sp³-hybridized carbons (Fsp3) is 0.158. The molecular weight excluding hydrogens is 384 g/mol. The molecule has 2 N–H and O–H groups in total. The molecule has 0 saturated carbocycles. The largest absolute Gasteiger partial charge is 0.482 e. The number of hydrogen-bond donors (Lipinski definition) is 2. The third-order valence-electron chi connectivity index (χ3n) is 3.60. The van der Waals surface area contributed by atoms with Crippen LogP contribution in [0.5, 0.6) is 5.75 Å². The van der Waals surface area contributed by atoms with E-state index in [9.17, 15) is 9.59 Å². The van der Waals surface area contributed by atoms with E-state index in [1.165, 1.54) is 0 Å². The number of carbonyl (C=O) groups is 2. The van der Waals surface area contributed by atoms with Crippen molar-refractivity contribution in [2.75, 3.05) is 6.61 Å². The van der Waals surface area contributed by atoms with Crippen molar-refractivity contribution in [2.24, 2.45) is 0 Å². The molecule has 8 nitrogen and oxygen atoms in total. The smallest absolute Gasteiger partial charge is 0.276 e. The van der Waals surface area contributed by atoms with E-state index in [0.29, 0.717) is 22.5 Å². The highest BCUT2D eigenvalue weighted by molar-refractivity contribution is 6.32. The number of benzene rings is 2. The van der Waals surface area contributed by atoms with Crippen molar-refractivity contribution in [3.8, 4) is 17.1 Å². The lowest BCUT2D eigenvalue weighted by Gasteiger charge is -2.09. The summed E-state index contributed by atoms with van der Waals surface area (Å²) < 4.78 is 10.4. The van der Waals surface area contributed by atoms with Gasteiger partial charge in [-0.1, -0.05) is 59.2 Å². The van der Waals surface area contributed by atoms with Crippen LogP contribution >= 0.6 is 11.6 Å². The molecule has 9 heteroatoms. The van der Waals surface area contributed by atoms with E-state index in [4.69, 9.17) is 20.9 Å². The molecule has 0 unspecified atom stereocenters. The summed E-state index contributed by atoms with van der Waals surface area (Å²) in [6, 6.07) is 16.1. The first kappa shape index (κ1) is 19.4. The van der Waals surface area contributed by atoms with Gasteiger partial charge in [-0.2, -0.15) is 4.98 Å². The van der Waals surface area contributed by atoms with Gasteiger partial charge >= 0.3 is 0 Å². The van der Waals surface area contributed by atoms with Crippen LogP contribution in [0.15, 0.2) is 59.1 Å².